The van der Waals surface area contributed by atoms with Crippen molar-refractivity contribution < 1.29 is 19.0 Å². The molecule has 0 saturated carbocycles. The third-order valence-electron chi connectivity index (χ3n) is 3.79. The number of hydrogen-bond donors (Lipinski definition) is 1. The minimum Gasteiger partial charge on any atom is -0.491 e. The first-order valence-corrected chi connectivity index (χ1v) is 9.38. The van der Waals surface area contributed by atoms with Gasteiger partial charge in [0.05, 0.1) is 35.5 Å². The van der Waals surface area contributed by atoms with E-state index >= 15 is 0 Å². The second-order valence-corrected chi connectivity index (χ2v) is 6.89. The molecule has 0 fully saturated rings. The van der Waals surface area contributed by atoms with Crippen molar-refractivity contribution in [3.63, 3.8) is 0 Å². The second-order valence-electron chi connectivity index (χ2n) is 6.89. The van der Waals surface area contributed by atoms with E-state index in [1.807, 2.05) is 45.9 Å². The molecule has 0 atom stereocenters. The number of nitrogens with zero attached hydrogens (tertiary/aromatic N) is 2. The maximum absolute atomic E-state index is 12.0. The van der Waals surface area contributed by atoms with Crippen LogP contribution in [0.1, 0.15) is 45.0 Å². The van der Waals surface area contributed by atoms with E-state index in [-0.39, 0.29) is 12.2 Å². The lowest BCUT2D eigenvalue weighted by atomic mass is 10.1. The molecule has 0 saturated heterocycles. The van der Waals surface area contributed by atoms with Crippen molar-refractivity contribution in [2.75, 3.05) is 6.61 Å². The molecule has 2 heterocycles. The quantitative estimate of drug-likeness (QED) is 0.610. The van der Waals surface area contributed by atoms with E-state index in [4.69, 9.17) is 14.2 Å². The summed E-state index contributed by atoms with van der Waals surface area (Å²) in [6.45, 7) is 9.95. The summed E-state index contributed by atoms with van der Waals surface area (Å²) in [6, 6.07) is 7.33. The van der Waals surface area contributed by atoms with Crippen LogP contribution in [0.15, 0.2) is 30.5 Å². The van der Waals surface area contributed by atoms with Crippen molar-refractivity contribution in [2.45, 2.75) is 46.8 Å². The van der Waals surface area contributed by atoms with E-state index in [1.165, 1.54) is 6.20 Å². The number of imidazole rings is 1. The average Bonchev–Trinajstić information content (AvgIpc) is 3.05. The zero-order valence-electron chi connectivity index (χ0n) is 16.8. The van der Waals surface area contributed by atoms with Gasteiger partial charge in [-0.25, -0.2) is 14.8 Å². The monoisotopic (exact) mass is 383 g/mol. The van der Waals surface area contributed by atoms with Crippen molar-refractivity contribution in [3.8, 4) is 22.9 Å². The number of nitrogens with one attached hydrogen (secondary N) is 1. The number of benzene rings is 1. The van der Waals surface area contributed by atoms with Crippen LogP contribution in [-0.2, 0) is 4.74 Å². The van der Waals surface area contributed by atoms with Crippen LogP contribution in [0, 0.1) is 0 Å². The molecule has 1 N–H and O–H groups in total. The third-order valence-corrected chi connectivity index (χ3v) is 3.79. The van der Waals surface area contributed by atoms with Crippen molar-refractivity contribution in [2.24, 2.45) is 0 Å². The molecule has 2 aromatic heterocycles. The highest BCUT2D eigenvalue weighted by molar-refractivity contribution is 5.92. The number of pyridine rings is 1. The Hall–Kier alpha value is -3.09. The molecule has 0 aliphatic heterocycles. The molecule has 3 rings (SSSR count). The highest BCUT2D eigenvalue weighted by Gasteiger charge is 2.16. The van der Waals surface area contributed by atoms with E-state index in [1.54, 1.807) is 13.0 Å². The van der Waals surface area contributed by atoms with Crippen LogP contribution in [0.3, 0.4) is 0 Å². The van der Waals surface area contributed by atoms with Crippen LogP contribution in [0.4, 0.5) is 0 Å². The fraction of sp³-hybridized carbons (Fsp3) is 0.381. The number of ether oxygens (including phenoxy) is 3. The van der Waals surface area contributed by atoms with Gasteiger partial charge in [0.25, 0.3) is 0 Å². The molecule has 28 heavy (non-hydrogen) atoms. The molecule has 0 unspecified atom stereocenters. The number of hydrogen-bond acceptors (Lipinski definition) is 6. The molecule has 0 bridgehead atoms. The number of aromatic amines is 1. The number of fused-ring (bicyclic) bond motifs is 1. The number of esters is 1. The van der Waals surface area contributed by atoms with Crippen molar-refractivity contribution in [1.29, 1.82) is 0 Å². The fourth-order valence-electron chi connectivity index (χ4n) is 2.75. The number of aromatic nitrogens is 3. The van der Waals surface area contributed by atoms with Gasteiger partial charge in [-0.05, 0) is 58.9 Å². The topological polar surface area (TPSA) is 86.3 Å². The minimum absolute atomic E-state index is 0.00790. The van der Waals surface area contributed by atoms with Crippen LogP contribution in [0.5, 0.6) is 11.5 Å². The van der Waals surface area contributed by atoms with Gasteiger partial charge in [-0.15, -0.1) is 0 Å². The van der Waals surface area contributed by atoms with Gasteiger partial charge in [0, 0.05) is 6.20 Å². The van der Waals surface area contributed by atoms with E-state index in [0.29, 0.717) is 34.9 Å². The normalized spacial score (nSPS) is 11.2. The molecule has 0 aliphatic carbocycles. The molecule has 148 valence electrons. The maximum Gasteiger partial charge on any atom is 0.339 e. The first kappa shape index (κ1) is 19.7. The molecule has 1 aromatic carbocycles. The zero-order chi connectivity index (χ0) is 20.3. The average molecular weight is 383 g/mol. The Balaban J connectivity index is 2.05. The predicted molar refractivity (Wildman–Crippen MR) is 107 cm³/mol. The summed E-state index contributed by atoms with van der Waals surface area (Å²) in [6.07, 6.45) is 1.53. The predicted octanol–water partition coefficient (Wildman–Crippen LogP) is 4.38. The third kappa shape index (κ3) is 4.42. The van der Waals surface area contributed by atoms with E-state index in [0.717, 1.165) is 11.3 Å². The number of carbonyl (C=O) groups excluding carboxylic acids is 1. The summed E-state index contributed by atoms with van der Waals surface area (Å²) < 4.78 is 16.8. The number of H-pyrrole nitrogens is 1. The molecule has 0 amide bonds. The Morgan fingerprint density at radius 3 is 2.54 bits per heavy atom. The van der Waals surface area contributed by atoms with Crippen molar-refractivity contribution in [1.82, 2.24) is 15.0 Å². The minimum atomic E-state index is -0.413. The van der Waals surface area contributed by atoms with Crippen LogP contribution in [0.25, 0.3) is 22.6 Å². The van der Waals surface area contributed by atoms with Gasteiger partial charge in [-0.1, -0.05) is 0 Å². The standard InChI is InChI=1S/C21H25N3O4/c1-6-26-21(25)14-9-17-20(22-11-14)24-19(23-17)16-10-15(27-12(2)3)7-8-18(16)28-13(4)5/h7-13H,6H2,1-5H3,(H,22,23,24). The summed E-state index contributed by atoms with van der Waals surface area (Å²) in [5, 5.41) is 0. The molecule has 7 nitrogen and oxygen atoms in total. The highest BCUT2D eigenvalue weighted by Crippen LogP contribution is 2.34. The molecular weight excluding hydrogens is 358 g/mol. The lowest BCUT2D eigenvalue weighted by Gasteiger charge is -2.16. The smallest absolute Gasteiger partial charge is 0.339 e. The van der Waals surface area contributed by atoms with Crippen LogP contribution >= 0.6 is 0 Å². The van der Waals surface area contributed by atoms with Gasteiger partial charge in [0.2, 0.25) is 0 Å². The van der Waals surface area contributed by atoms with E-state index in [9.17, 15) is 4.79 Å². The molecule has 0 aliphatic rings. The lowest BCUT2D eigenvalue weighted by Crippen LogP contribution is -2.08. The lowest BCUT2D eigenvalue weighted by molar-refractivity contribution is 0.0526. The Morgan fingerprint density at radius 2 is 1.86 bits per heavy atom. The first-order chi connectivity index (χ1) is 13.4. The van der Waals surface area contributed by atoms with E-state index < -0.39 is 5.97 Å². The van der Waals surface area contributed by atoms with Gasteiger partial charge >= 0.3 is 5.97 Å². The summed E-state index contributed by atoms with van der Waals surface area (Å²) >= 11 is 0. The highest BCUT2D eigenvalue weighted by atomic mass is 16.5. The largest absolute Gasteiger partial charge is 0.491 e. The summed E-state index contributed by atoms with van der Waals surface area (Å²) in [4.78, 5) is 24.0. The summed E-state index contributed by atoms with van der Waals surface area (Å²) in [7, 11) is 0. The Kier molecular flexibility index (Phi) is 5.82. The maximum atomic E-state index is 12.0. The van der Waals surface area contributed by atoms with Gasteiger partial charge in [-0.3, -0.25) is 0 Å². The molecular formula is C21H25N3O4. The Labute approximate surface area is 164 Å². The zero-order valence-corrected chi connectivity index (χ0v) is 16.8. The number of carbonyl (C=O) groups is 1. The van der Waals surface area contributed by atoms with E-state index in [2.05, 4.69) is 15.0 Å². The van der Waals surface area contributed by atoms with Gasteiger partial charge in [-0.2, -0.15) is 0 Å². The Morgan fingerprint density at radius 1 is 1.11 bits per heavy atom. The van der Waals surface area contributed by atoms with Crippen LogP contribution < -0.4 is 9.47 Å². The summed E-state index contributed by atoms with van der Waals surface area (Å²) in [5.74, 6) is 1.59. The number of rotatable bonds is 7. The van der Waals surface area contributed by atoms with Crippen molar-refractivity contribution in [3.05, 3.63) is 36.0 Å². The first-order valence-electron chi connectivity index (χ1n) is 9.38. The molecule has 7 heteroatoms. The van der Waals surface area contributed by atoms with Crippen molar-refractivity contribution >= 4 is 17.1 Å². The SMILES string of the molecule is CCOC(=O)c1cnc2nc(-c3cc(OC(C)C)ccc3OC(C)C)[nH]c2c1. The fourth-order valence-corrected chi connectivity index (χ4v) is 2.75. The van der Waals surface area contributed by atoms with Crippen LogP contribution in [-0.4, -0.2) is 39.7 Å². The molecule has 0 spiro atoms. The summed E-state index contributed by atoms with van der Waals surface area (Å²) in [5.41, 5.74) is 2.29. The van der Waals surface area contributed by atoms with Crippen LogP contribution in [0.2, 0.25) is 0 Å². The second kappa shape index (κ2) is 8.29. The van der Waals surface area contributed by atoms with Gasteiger partial charge in [0.15, 0.2) is 5.65 Å². The Bertz CT molecular complexity index is 979. The van der Waals surface area contributed by atoms with Gasteiger partial charge in [0.1, 0.15) is 17.3 Å². The van der Waals surface area contributed by atoms with Gasteiger partial charge < -0.3 is 19.2 Å². The molecule has 0 radical (unpaired) electrons. The molecule has 3 aromatic rings.